The summed E-state index contributed by atoms with van der Waals surface area (Å²) in [6.07, 6.45) is 5.77. The number of terminal acetylenes is 1. The van der Waals surface area contributed by atoms with Crippen molar-refractivity contribution in [3.8, 4) is 12.3 Å². The lowest BCUT2D eigenvalue weighted by molar-refractivity contribution is 0.591. The Morgan fingerprint density at radius 3 is 2.30 bits per heavy atom. The van der Waals surface area contributed by atoms with Crippen LogP contribution < -0.4 is 0 Å². The monoisotopic (exact) mass is 258 g/mol. The molecule has 0 bridgehead atoms. The van der Waals surface area contributed by atoms with Crippen LogP contribution in [-0.2, 0) is 5.41 Å². The van der Waals surface area contributed by atoms with Crippen LogP contribution in [0.1, 0.15) is 31.9 Å². The van der Waals surface area contributed by atoms with Crippen LogP contribution in [-0.4, -0.2) is 0 Å². The van der Waals surface area contributed by atoms with E-state index < -0.39 is 0 Å². The molecule has 0 heterocycles. The van der Waals surface area contributed by atoms with Crippen molar-refractivity contribution in [2.75, 3.05) is 0 Å². The van der Waals surface area contributed by atoms with Crippen LogP contribution in [0.3, 0.4) is 0 Å². The maximum absolute atomic E-state index is 5.77. The summed E-state index contributed by atoms with van der Waals surface area (Å²) in [5, 5.41) is 4.89. The van der Waals surface area contributed by atoms with Gasteiger partial charge < -0.3 is 0 Å². The predicted molar refractivity (Wildman–Crippen MR) is 88.1 cm³/mol. The van der Waals surface area contributed by atoms with Gasteiger partial charge in [0.1, 0.15) is 0 Å². The highest BCUT2D eigenvalue weighted by Gasteiger charge is 2.16. The zero-order chi connectivity index (χ0) is 14.3. The van der Waals surface area contributed by atoms with Gasteiger partial charge >= 0.3 is 0 Å². The molecule has 0 N–H and O–H groups in total. The Bertz CT molecular complexity index is 839. The summed E-state index contributed by atoms with van der Waals surface area (Å²) >= 11 is 0. The van der Waals surface area contributed by atoms with Crippen molar-refractivity contribution < 1.29 is 0 Å². The van der Waals surface area contributed by atoms with Crippen molar-refractivity contribution in [3.63, 3.8) is 0 Å². The summed E-state index contributed by atoms with van der Waals surface area (Å²) in [7, 11) is 0. The van der Waals surface area contributed by atoms with Crippen molar-refractivity contribution in [3.05, 3.63) is 59.7 Å². The molecule has 0 aliphatic heterocycles. The molecule has 3 aromatic rings. The number of rotatable bonds is 0. The molecule has 0 radical (unpaired) electrons. The number of hydrogen-bond acceptors (Lipinski definition) is 0. The Morgan fingerprint density at radius 1 is 0.900 bits per heavy atom. The molecule has 0 saturated heterocycles. The second-order valence-electron chi connectivity index (χ2n) is 6.30. The van der Waals surface area contributed by atoms with E-state index >= 15 is 0 Å². The van der Waals surface area contributed by atoms with E-state index in [4.69, 9.17) is 6.42 Å². The van der Waals surface area contributed by atoms with Gasteiger partial charge in [0.25, 0.3) is 0 Å². The number of hydrogen-bond donors (Lipinski definition) is 0. The highest BCUT2D eigenvalue weighted by molar-refractivity contribution is 6.10. The molecular formula is C20H18. The number of benzene rings is 3. The van der Waals surface area contributed by atoms with Crippen molar-refractivity contribution >= 4 is 21.5 Å². The van der Waals surface area contributed by atoms with E-state index in [9.17, 15) is 0 Å². The lowest BCUT2D eigenvalue weighted by atomic mass is 9.83. The van der Waals surface area contributed by atoms with Gasteiger partial charge in [-0.15, -0.1) is 6.42 Å². The summed E-state index contributed by atoms with van der Waals surface area (Å²) in [4.78, 5) is 0. The molecule has 0 nitrogen and oxygen atoms in total. The molecule has 0 aliphatic rings. The Balaban J connectivity index is 2.49. The van der Waals surface area contributed by atoms with Gasteiger partial charge in [-0.3, -0.25) is 0 Å². The normalized spacial score (nSPS) is 11.7. The quantitative estimate of drug-likeness (QED) is 0.380. The number of fused-ring (bicyclic) bond motifs is 3. The van der Waals surface area contributed by atoms with Crippen molar-refractivity contribution in [2.45, 2.75) is 26.2 Å². The second-order valence-corrected chi connectivity index (χ2v) is 6.30. The molecule has 3 aromatic carbocycles. The summed E-state index contributed by atoms with van der Waals surface area (Å²) < 4.78 is 0. The summed E-state index contributed by atoms with van der Waals surface area (Å²) in [6, 6.07) is 17.2. The van der Waals surface area contributed by atoms with Crippen molar-refractivity contribution in [1.29, 1.82) is 0 Å². The molecular weight excluding hydrogens is 240 g/mol. The Kier molecular flexibility index (Phi) is 2.80. The van der Waals surface area contributed by atoms with Crippen LogP contribution in [0, 0.1) is 12.3 Å². The molecule has 0 fully saturated rings. The van der Waals surface area contributed by atoms with Crippen LogP contribution >= 0.6 is 0 Å². The van der Waals surface area contributed by atoms with Crippen LogP contribution in [0.15, 0.2) is 48.5 Å². The van der Waals surface area contributed by atoms with E-state index in [0.717, 1.165) is 5.56 Å². The van der Waals surface area contributed by atoms with Gasteiger partial charge in [-0.1, -0.05) is 69.2 Å². The minimum Gasteiger partial charge on any atom is -0.115 e. The van der Waals surface area contributed by atoms with Crippen molar-refractivity contribution in [1.82, 2.24) is 0 Å². The molecule has 0 spiro atoms. The van der Waals surface area contributed by atoms with Crippen LogP contribution in [0.2, 0.25) is 0 Å². The summed E-state index contributed by atoms with van der Waals surface area (Å²) in [5.74, 6) is 2.87. The SMILES string of the molecule is C#Cc1cc(C(C)(C)C)cc2ccc3ccccc3c12. The average Bonchev–Trinajstić information content (AvgIpc) is 2.44. The third-order valence-corrected chi connectivity index (χ3v) is 3.86. The van der Waals surface area contributed by atoms with Gasteiger partial charge in [0, 0.05) is 10.9 Å². The largest absolute Gasteiger partial charge is 0.115 e. The molecule has 0 amide bonds. The third kappa shape index (κ3) is 1.96. The fourth-order valence-electron chi connectivity index (χ4n) is 2.69. The molecule has 0 aliphatic carbocycles. The predicted octanol–water partition coefficient (Wildman–Crippen LogP) is 5.27. The van der Waals surface area contributed by atoms with E-state index in [1.165, 1.54) is 27.1 Å². The van der Waals surface area contributed by atoms with E-state index in [1.807, 2.05) is 0 Å². The molecule has 20 heavy (non-hydrogen) atoms. The first-order chi connectivity index (χ1) is 9.50. The molecule has 0 aromatic heterocycles. The zero-order valence-electron chi connectivity index (χ0n) is 12.2. The van der Waals surface area contributed by atoms with E-state index in [-0.39, 0.29) is 5.41 Å². The zero-order valence-corrected chi connectivity index (χ0v) is 12.2. The lowest BCUT2D eigenvalue weighted by Crippen LogP contribution is -2.11. The topological polar surface area (TPSA) is 0 Å². The Hall–Kier alpha value is -2.26. The molecule has 0 saturated carbocycles. The molecule has 0 atom stereocenters. The van der Waals surface area contributed by atoms with E-state index in [2.05, 4.69) is 75.2 Å². The molecule has 0 heteroatoms. The minimum absolute atomic E-state index is 0.103. The smallest absolute Gasteiger partial charge is 0.0330 e. The summed E-state index contributed by atoms with van der Waals surface area (Å²) in [5.41, 5.74) is 2.38. The van der Waals surface area contributed by atoms with Gasteiger partial charge in [0.15, 0.2) is 0 Å². The van der Waals surface area contributed by atoms with Crippen LogP contribution in [0.4, 0.5) is 0 Å². The van der Waals surface area contributed by atoms with Gasteiger partial charge in [0.2, 0.25) is 0 Å². The van der Waals surface area contributed by atoms with Gasteiger partial charge in [0.05, 0.1) is 0 Å². The van der Waals surface area contributed by atoms with Gasteiger partial charge in [-0.05, 0) is 33.2 Å². The third-order valence-electron chi connectivity index (χ3n) is 3.86. The van der Waals surface area contributed by atoms with Crippen LogP contribution in [0.25, 0.3) is 21.5 Å². The van der Waals surface area contributed by atoms with Crippen molar-refractivity contribution in [2.24, 2.45) is 0 Å². The average molecular weight is 258 g/mol. The first kappa shape index (κ1) is 12.8. The van der Waals surface area contributed by atoms with E-state index in [0.29, 0.717) is 0 Å². The first-order valence-electron chi connectivity index (χ1n) is 6.93. The van der Waals surface area contributed by atoms with Crippen LogP contribution in [0.5, 0.6) is 0 Å². The standard InChI is InChI=1S/C20H18/c1-5-14-12-17(20(2,3)4)13-16-11-10-15-8-6-7-9-18(15)19(14)16/h1,6-13H,2-4H3. The van der Waals surface area contributed by atoms with Gasteiger partial charge in [-0.25, -0.2) is 0 Å². The van der Waals surface area contributed by atoms with Gasteiger partial charge in [-0.2, -0.15) is 0 Å². The Labute approximate surface area is 120 Å². The maximum atomic E-state index is 5.77. The highest BCUT2D eigenvalue weighted by Crippen LogP contribution is 2.33. The fraction of sp³-hybridized carbons (Fsp3) is 0.200. The van der Waals surface area contributed by atoms with E-state index in [1.54, 1.807) is 0 Å². The molecule has 0 unspecified atom stereocenters. The summed E-state index contributed by atoms with van der Waals surface area (Å²) in [6.45, 7) is 6.65. The first-order valence-corrected chi connectivity index (χ1v) is 6.93. The molecule has 98 valence electrons. The Morgan fingerprint density at radius 2 is 1.60 bits per heavy atom. The maximum Gasteiger partial charge on any atom is 0.0330 e. The highest BCUT2D eigenvalue weighted by atomic mass is 14.2. The second kappa shape index (κ2) is 4.39. The molecule has 3 rings (SSSR count). The minimum atomic E-state index is 0.103. The fourth-order valence-corrected chi connectivity index (χ4v) is 2.69. The lowest BCUT2D eigenvalue weighted by Gasteiger charge is -2.21.